The van der Waals surface area contributed by atoms with Gasteiger partial charge in [-0.2, -0.15) is 0 Å². The molecule has 0 aromatic rings. The van der Waals surface area contributed by atoms with Crippen molar-refractivity contribution in [2.24, 2.45) is 0 Å². The highest BCUT2D eigenvalue weighted by atomic mass is 16.7. The van der Waals surface area contributed by atoms with Crippen molar-refractivity contribution in [3.05, 3.63) is 12.2 Å². The molecule has 104 valence electrons. The van der Waals surface area contributed by atoms with E-state index in [0.717, 1.165) is 0 Å². The Hall–Kier alpha value is -0.990. The molecule has 1 aliphatic rings. The molecule has 0 aliphatic carbocycles. The zero-order valence-electron chi connectivity index (χ0n) is 10.3. The van der Waals surface area contributed by atoms with Gasteiger partial charge in [-0.05, 0) is 6.92 Å². The van der Waals surface area contributed by atoms with Gasteiger partial charge in [0.2, 0.25) is 0 Å². The minimum atomic E-state index is -1.41. The van der Waals surface area contributed by atoms with Crippen molar-refractivity contribution in [2.45, 2.75) is 37.6 Å². The number of aliphatic hydroxyl groups is 3. The SMILES string of the molecule is C=C(C)C(=O)O[C@H]1[C@@H](OC)O[C@H](CO)[C@@H](O)[C@@H]1O. The highest BCUT2D eigenvalue weighted by Gasteiger charge is 2.46. The first-order valence-corrected chi connectivity index (χ1v) is 5.44. The van der Waals surface area contributed by atoms with Gasteiger partial charge in [-0.25, -0.2) is 4.79 Å². The van der Waals surface area contributed by atoms with E-state index in [4.69, 9.17) is 19.3 Å². The van der Waals surface area contributed by atoms with Crippen molar-refractivity contribution in [3.63, 3.8) is 0 Å². The van der Waals surface area contributed by atoms with E-state index in [1.165, 1.54) is 14.0 Å². The lowest BCUT2D eigenvalue weighted by atomic mass is 9.99. The number of carbonyl (C=O) groups is 1. The molecule has 0 amide bonds. The lowest BCUT2D eigenvalue weighted by molar-refractivity contribution is -0.297. The summed E-state index contributed by atoms with van der Waals surface area (Å²) in [6.45, 7) is 4.37. The van der Waals surface area contributed by atoms with Crippen molar-refractivity contribution in [1.29, 1.82) is 0 Å². The Labute approximate surface area is 105 Å². The summed E-state index contributed by atoms with van der Waals surface area (Å²) in [5.41, 5.74) is 0.149. The number of esters is 1. The summed E-state index contributed by atoms with van der Waals surface area (Å²) in [6.07, 6.45) is -6.03. The van der Waals surface area contributed by atoms with Gasteiger partial charge < -0.3 is 29.5 Å². The van der Waals surface area contributed by atoms with Gasteiger partial charge in [0.15, 0.2) is 12.4 Å². The van der Waals surface area contributed by atoms with E-state index < -0.39 is 43.3 Å². The van der Waals surface area contributed by atoms with Crippen LogP contribution in [0.5, 0.6) is 0 Å². The monoisotopic (exact) mass is 262 g/mol. The fraction of sp³-hybridized carbons (Fsp3) is 0.727. The Bertz CT molecular complexity index is 315. The van der Waals surface area contributed by atoms with Crippen LogP contribution in [0.1, 0.15) is 6.92 Å². The van der Waals surface area contributed by atoms with Gasteiger partial charge in [0.25, 0.3) is 0 Å². The van der Waals surface area contributed by atoms with Crippen molar-refractivity contribution in [1.82, 2.24) is 0 Å². The third kappa shape index (κ3) is 3.06. The van der Waals surface area contributed by atoms with Gasteiger partial charge in [0, 0.05) is 12.7 Å². The van der Waals surface area contributed by atoms with E-state index in [1.54, 1.807) is 0 Å². The predicted octanol–water partition coefficient (Wildman–Crippen LogP) is -1.44. The topological polar surface area (TPSA) is 105 Å². The molecule has 0 bridgehead atoms. The van der Waals surface area contributed by atoms with Crippen LogP contribution in [0.25, 0.3) is 0 Å². The zero-order valence-corrected chi connectivity index (χ0v) is 10.3. The molecule has 0 radical (unpaired) electrons. The van der Waals surface area contributed by atoms with E-state index in [1.807, 2.05) is 0 Å². The van der Waals surface area contributed by atoms with Crippen LogP contribution >= 0.6 is 0 Å². The van der Waals surface area contributed by atoms with Crippen LogP contribution in [0, 0.1) is 0 Å². The number of aliphatic hydroxyl groups excluding tert-OH is 3. The van der Waals surface area contributed by atoms with Gasteiger partial charge in [-0.1, -0.05) is 6.58 Å². The highest BCUT2D eigenvalue weighted by Crippen LogP contribution is 2.24. The average Bonchev–Trinajstić information content (AvgIpc) is 2.35. The molecule has 0 unspecified atom stereocenters. The van der Waals surface area contributed by atoms with Gasteiger partial charge in [-0.3, -0.25) is 0 Å². The van der Waals surface area contributed by atoms with E-state index in [-0.39, 0.29) is 5.57 Å². The fourth-order valence-corrected chi connectivity index (χ4v) is 1.60. The molecule has 0 saturated carbocycles. The molecule has 5 atom stereocenters. The van der Waals surface area contributed by atoms with E-state index in [2.05, 4.69) is 6.58 Å². The van der Waals surface area contributed by atoms with Crippen molar-refractivity contribution >= 4 is 5.97 Å². The maximum atomic E-state index is 11.4. The molecule has 7 heteroatoms. The molecule has 1 heterocycles. The first-order chi connectivity index (χ1) is 8.42. The van der Waals surface area contributed by atoms with E-state index in [9.17, 15) is 15.0 Å². The van der Waals surface area contributed by atoms with Crippen LogP contribution in [-0.4, -0.2) is 65.7 Å². The van der Waals surface area contributed by atoms with Crippen molar-refractivity contribution < 1.29 is 34.3 Å². The molecule has 18 heavy (non-hydrogen) atoms. The number of ether oxygens (including phenoxy) is 3. The molecular weight excluding hydrogens is 244 g/mol. The van der Waals surface area contributed by atoms with Crippen LogP contribution in [0.4, 0.5) is 0 Å². The molecule has 3 N–H and O–H groups in total. The van der Waals surface area contributed by atoms with Crippen LogP contribution in [0.3, 0.4) is 0 Å². The molecule has 1 rings (SSSR count). The Morgan fingerprint density at radius 3 is 2.44 bits per heavy atom. The third-order valence-corrected chi connectivity index (χ3v) is 2.65. The third-order valence-electron chi connectivity index (χ3n) is 2.65. The summed E-state index contributed by atoms with van der Waals surface area (Å²) in [5.74, 6) is -0.723. The summed E-state index contributed by atoms with van der Waals surface area (Å²) < 4.78 is 15.0. The minimum Gasteiger partial charge on any atom is -0.451 e. The van der Waals surface area contributed by atoms with E-state index in [0.29, 0.717) is 0 Å². The summed E-state index contributed by atoms with van der Waals surface area (Å²) >= 11 is 0. The first-order valence-electron chi connectivity index (χ1n) is 5.44. The molecule has 1 aliphatic heterocycles. The molecule has 0 aromatic heterocycles. The molecule has 7 nitrogen and oxygen atoms in total. The minimum absolute atomic E-state index is 0.149. The summed E-state index contributed by atoms with van der Waals surface area (Å²) in [7, 11) is 1.30. The Balaban J connectivity index is 2.81. The van der Waals surface area contributed by atoms with Gasteiger partial charge in [0.1, 0.15) is 18.3 Å². The molecule has 0 spiro atoms. The average molecular weight is 262 g/mol. The van der Waals surface area contributed by atoms with Gasteiger partial charge >= 0.3 is 5.97 Å². The Morgan fingerprint density at radius 2 is 2.00 bits per heavy atom. The fourth-order valence-electron chi connectivity index (χ4n) is 1.60. The smallest absolute Gasteiger partial charge is 0.333 e. The quantitative estimate of drug-likeness (QED) is 0.421. The van der Waals surface area contributed by atoms with E-state index >= 15 is 0 Å². The summed E-state index contributed by atoms with van der Waals surface area (Å²) in [4.78, 5) is 11.4. The van der Waals surface area contributed by atoms with Crippen molar-refractivity contribution in [3.8, 4) is 0 Å². The maximum absolute atomic E-state index is 11.4. The van der Waals surface area contributed by atoms with Gasteiger partial charge in [0.05, 0.1) is 6.61 Å². The lowest BCUT2D eigenvalue weighted by Gasteiger charge is -2.40. The van der Waals surface area contributed by atoms with Crippen LogP contribution in [-0.2, 0) is 19.0 Å². The molecule has 1 saturated heterocycles. The summed E-state index contributed by atoms with van der Waals surface area (Å²) in [5, 5.41) is 28.5. The Morgan fingerprint density at radius 1 is 1.39 bits per heavy atom. The highest BCUT2D eigenvalue weighted by molar-refractivity contribution is 5.87. The van der Waals surface area contributed by atoms with Crippen LogP contribution in [0.15, 0.2) is 12.2 Å². The summed E-state index contributed by atoms with van der Waals surface area (Å²) in [6, 6.07) is 0. The van der Waals surface area contributed by atoms with Crippen LogP contribution < -0.4 is 0 Å². The van der Waals surface area contributed by atoms with Crippen LogP contribution in [0.2, 0.25) is 0 Å². The first kappa shape index (κ1) is 15.1. The molecule has 0 aromatic carbocycles. The standard InChI is InChI=1S/C11H18O7/c1-5(2)10(15)18-9-8(14)7(13)6(4-12)17-11(9)16-3/h6-9,11-14H,1,4H2,2-3H3/t6-,7-,8+,9-,11+/m1/s1. The second-order valence-corrected chi connectivity index (χ2v) is 4.09. The number of hydrogen-bond donors (Lipinski definition) is 3. The lowest BCUT2D eigenvalue weighted by Crippen LogP contribution is -2.60. The number of carbonyl (C=O) groups excluding carboxylic acids is 1. The number of methoxy groups -OCH3 is 1. The number of rotatable bonds is 4. The van der Waals surface area contributed by atoms with Gasteiger partial charge in [-0.15, -0.1) is 0 Å². The maximum Gasteiger partial charge on any atom is 0.333 e. The predicted molar refractivity (Wildman–Crippen MR) is 59.5 cm³/mol. The Kier molecular flexibility index (Phi) is 5.24. The normalized spacial score (nSPS) is 36.2. The molecule has 1 fully saturated rings. The zero-order chi connectivity index (χ0) is 13.9. The second-order valence-electron chi connectivity index (χ2n) is 4.09. The number of hydrogen-bond acceptors (Lipinski definition) is 7. The molecular formula is C11H18O7. The largest absolute Gasteiger partial charge is 0.451 e. The van der Waals surface area contributed by atoms with Crippen molar-refractivity contribution in [2.75, 3.05) is 13.7 Å². The second kappa shape index (κ2) is 6.26.